The summed E-state index contributed by atoms with van der Waals surface area (Å²) < 4.78 is 0. The summed E-state index contributed by atoms with van der Waals surface area (Å²) in [6, 6.07) is 6.28. The van der Waals surface area contributed by atoms with Crippen LogP contribution in [0.15, 0.2) is 60.7 Å². The molecule has 0 radical (unpaired) electrons. The largest absolute Gasteiger partial charge is 0.355 e. The number of nitrogens with two attached hydrogens (primary N) is 1. The van der Waals surface area contributed by atoms with Crippen molar-refractivity contribution in [3.63, 3.8) is 0 Å². The average molecular weight is 582 g/mol. The van der Waals surface area contributed by atoms with E-state index in [9.17, 15) is 19.2 Å². The fraction of sp³-hybridized carbons (Fsp3) is 0.515. The highest BCUT2D eigenvalue weighted by Gasteiger charge is 2.19. The van der Waals surface area contributed by atoms with Gasteiger partial charge in [0.15, 0.2) is 0 Å². The molecule has 4 amide bonds. The second-order valence-corrected chi connectivity index (χ2v) is 10.5. The first-order valence-electron chi connectivity index (χ1n) is 15.1. The molecule has 9 nitrogen and oxygen atoms in total. The van der Waals surface area contributed by atoms with Crippen molar-refractivity contribution in [3.8, 4) is 0 Å². The fourth-order valence-electron chi connectivity index (χ4n) is 4.26. The Labute approximate surface area is 252 Å². The monoisotopic (exact) mass is 581 g/mol. The van der Waals surface area contributed by atoms with Gasteiger partial charge in [0, 0.05) is 62.2 Å². The molecule has 0 bridgehead atoms. The Morgan fingerprint density at radius 3 is 2.45 bits per heavy atom. The number of unbranched alkanes of at least 4 members (excludes halogenated alkanes) is 1. The third-order valence-corrected chi connectivity index (χ3v) is 6.79. The number of carbonyl (C=O) groups excluding carboxylic acids is 4. The van der Waals surface area contributed by atoms with Crippen LogP contribution >= 0.6 is 0 Å². The predicted octanol–water partition coefficient (Wildman–Crippen LogP) is 4.12. The van der Waals surface area contributed by atoms with Crippen LogP contribution in [-0.4, -0.2) is 67.3 Å². The zero-order valence-corrected chi connectivity index (χ0v) is 25.9. The molecule has 232 valence electrons. The third kappa shape index (κ3) is 14.3. The number of benzene rings is 1. The van der Waals surface area contributed by atoms with Crippen molar-refractivity contribution in [1.82, 2.24) is 20.9 Å². The molecule has 0 aliphatic rings. The van der Waals surface area contributed by atoms with Crippen molar-refractivity contribution in [3.05, 3.63) is 71.8 Å². The summed E-state index contributed by atoms with van der Waals surface area (Å²) in [5, 5.41) is 8.46. The molecule has 0 spiro atoms. The average Bonchev–Trinajstić information content (AvgIpc) is 2.99. The first-order chi connectivity index (χ1) is 20.2. The molecule has 0 aromatic heterocycles. The second-order valence-electron chi connectivity index (χ2n) is 10.5. The number of rotatable bonds is 20. The summed E-state index contributed by atoms with van der Waals surface area (Å²) in [7, 11) is 0. The summed E-state index contributed by atoms with van der Waals surface area (Å²) in [6.07, 6.45) is 11.6. The van der Waals surface area contributed by atoms with E-state index < -0.39 is 6.04 Å². The zero-order chi connectivity index (χ0) is 31.3. The van der Waals surface area contributed by atoms with Crippen LogP contribution in [0.1, 0.15) is 86.9 Å². The highest BCUT2D eigenvalue weighted by Crippen LogP contribution is 2.11. The molecule has 2 atom stereocenters. The number of nitrogens with zero attached hydrogens (tertiary/aromatic N) is 1. The Kier molecular flexibility index (Phi) is 18.2. The normalized spacial score (nSPS) is 12.8. The van der Waals surface area contributed by atoms with E-state index in [1.54, 1.807) is 37.3 Å². The van der Waals surface area contributed by atoms with E-state index in [1.165, 1.54) is 0 Å². The molecular weight excluding hydrogens is 530 g/mol. The molecule has 1 rings (SSSR count). The first kappa shape index (κ1) is 36.3. The lowest BCUT2D eigenvalue weighted by Gasteiger charge is -2.22. The van der Waals surface area contributed by atoms with Crippen molar-refractivity contribution in [2.24, 2.45) is 11.7 Å². The van der Waals surface area contributed by atoms with Crippen molar-refractivity contribution in [1.29, 1.82) is 0 Å². The molecule has 42 heavy (non-hydrogen) atoms. The lowest BCUT2D eigenvalue weighted by molar-refractivity contribution is -0.125. The summed E-state index contributed by atoms with van der Waals surface area (Å²) in [4.78, 5) is 52.3. The standard InChI is InChI=1S/C33H51N5O4/c1-6-10-12-14-26(9-4)23-36-30(39)17-18-35-31(40)25(5)21-29(34)24-37-32(41)27-15-13-16-28(22-27)33(42)38(19-8-3)20-11-7-2/h6,9-10,12-13,15-16,22,25,29H,1,7-8,11,14,17-21,23-24,34H2,2-5H3,(H,35,40)(H,36,39)(H,37,41)/b12-10-,26-9+. The van der Waals surface area contributed by atoms with Gasteiger partial charge in [-0.1, -0.05) is 69.7 Å². The van der Waals surface area contributed by atoms with Crippen molar-refractivity contribution in [2.75, 3.05) is 32.7 Å². The van der Waals surface area contributed by atoms with Crippen molar-refractivity contribution in [2.45, 2.75) is 72.3 Å². The van der Waals surface area contributed by atoms with Gasteiger partial charge < -0.3 is 26.6 Å². The van der Waals surface area contributed by atoms with Gasteiger partial charge in [0.2, 0.25) is 11.8 Å². The van der Waals surface area contributed by atoms with Gasteiger partial charge in [-0.3, -0.25) is 19.2 Å². The number of hydrogen-bond donors (Lipinski definition) is 4. The molecule has 0 saturated heterocycles. The maximum Gasteiger partial charge on any atom is 0.253 e. The van der Waals surface area contributed by atoms with Gasteiger partial charge in [-0.05, 0) is 50.8 Å². The summed E-state index contributed by atoms with van der Waals surface area (Å²) in [5.74, 6) is -1.12. The van der Waals surface area contributed by atoms with Crippen molar-refractivity contribution >= 4 is 23.6 Å². The van der Waals surface area contributed by atoms with Gasteiger partial charge in [-0.25, -0.2) is 0 Å². The number of allylic oxidation sites excluding steroid dienone is 4. The van der Waals surface area contributed by atoms with Crippen LogP contribution in [-0.2, 0) is 9.59 Å². The molecule has 5 N–H and O–H groups in total. The SMILES string of the molecule is C=C/C=C\C/C(=C\C)CNC(=O)CCNC(=O)C(C)CC(N)CNC(=O)c1cccc(C(=O)N(CCC)CCCC)c1. The number of carbonyl (C=O) groups is 4. The molecule has 2 unspecified atom stereocenters. The molecule has 1 aromatic carbocycles. The molecule has 0 heterocycles. The van der Waals surface area contributed by atoms with Gasteiger partial charge in [0.25, 0.3) is 11.8 Å². The van der Waals surface area contributed by atoms with Crippen molar-refractivity contribution < 1.29 is 19.2 Å². The summed E-state index contributed by atoms with van der Waals surface area (Å²) >= 11 is 0. The second kappa shape index (κ2) is 21.1. The maximum atomic E-state index is 13.0. The molecule has 1 aromatic rings. The minimum Gasteiger partial charge on any atom is -0.355 e. The topological polar surface area (TPSA) is 134 Å². The van der Waals surface area contributed by atoms with Crippen LogP contribution in [0, 0.1) is 5.92 Å². The molecule has 0 aliphatic heterocycles. The molecule has 9 heteroatoms. The maximum absolute atomic E-state index is 13.0. The fourth-order valence-corrected chi connectivity index (χ4v) is 4.26. The Hall–Kier alpha value is -3.72. The Morgan fingerprint density at radius 1 is 1.05 bits per heavy atom. The van der Waals surface area contributed by atoms with E-state index in [-0.39, 0.29) is 49.1 Å². The van der Waals surface area contributed by atoms with Crippen LogP contribution in [0.25, 0.3) is 0 Å². The Morgan fingerprint density at radius 2 is 1.79 bits per heavy atom. The molecule has 0 fully saturated rings. The van der Waals surface area contributed by atoms with E-state index in [0.717, 1.165) is 31.3 Å². The van der Waals surface area contributed by atoms with Gasteiger partial charge in [-0.15, -0.1) is 0 Å². The highest BCUT2D eigenvalue weighted by molar-refractivity contribution is 5.99. The molecule has 0 aliphatic carbocycles. The van der Waals surface area contributed by atoms with E-state index >= 15 is 0 Å². The van der Waals surface area contributed by atoms with Crippen LogP contribution in [0.5, 0.6) is 0 Å². The van der Waals surface area contributed by atoms with Gasteiger partial charge in [0.1, 0.15) is 0 Å². The first-order valence-corrected chi connectivity index (χ1v) is 15.1. The quantitative estimate of drug-likeness (QED) is 0.136. The van der Waals surface area contributed by atoms with Crippen LogP contribution in [0.2, 0.25) is 0 Å². The molecule has 0 saturated carbocycles. The third-order valence-electron chi connectivity index (χ3n) is 6.79. The summed E-state index contributed by atoms with van der Waals surface area (Å²) in [5.41, 5.74) is 8.16. The Balaban J connectivity index is 2.47. The number of hydrogen-bond acceptors (Lipinski definition) is 5. The predicted molar refractivity (Wildman–Crippen MR) is 170 cm³/mol. The smallest absolute Gasteiger partial charge is 0.253 e. The van der Waals surface area contributed by atoms with E-state index in [0.29, 0.717) is 37.2 Å². The van der Waals surface area contributed by atoms with Crippen LogP contribution in [0.3, 0.4) is 0 Å². The highest BCUT2D eigenvalue weighted by atomic mass is 16.2. The number of nitrogens with one attached hydrogen (secondary N) is 3. The minimum atomic E-state index is -0.439. The lowest BCUT2D eigenvalue weighted by atomic mass is 10.0. The number of amides is 4. The van der Waals surface area contributed by atoms with E-state index in [4.69, 9.17) is 5.73 Å². The summed E-state index contributed by atoms with van der Waals surface area (Å²) in [6.45, 7) is 13.7. The van der Waals surface area contributed by atoms with Crippen LogP contribution in [0.4, 0.5) is 0 Å². The zero-order valence-electron chi connectivity index (χ0n) is 25.9. The van der Waals surface area contributed by atoms with Gasteiger partial charge in [0.05, 0.1) is 0 Å². The van der Waals surface area contributed by atoms with Gasteiger partial charge >= 0.3 is 0 Å². The lowest BCUT2D eigenvalue weighted by Crippen LogP contribution is -2.41. The molecular formula is C33H51N5O4. The van der Waals surface area contributed by atoms with E-state index in [1.807, 2.05) is 37.0 Å². The Bertz CT molecular complexity index is 1080. The van der Waals surface area contributed by atoms with Crippen LogP contribution < -0.4 is 21.7 Å². The minimum absolute atomic E-state index is 0.0757. The van der Waals surface area contributed by atoms with Gasteiger partial charge in [-0.2, -0.15) is 0 Å². The van der Waals surface area contributed by atoms with E-state index in [2.05, 4.69) is 29.5 Å².